The van der Waals surface area contributed by atoms with E-state index in [-0.39, 0.29) is 11.7 Å². The lowest BCUT2D eigenvalue weighted by Crippen LogP contribution is -2.34. The molecule has 7 nitrogen and oxygen atoms in total. The summed E-state index contributed by atoms with van der Waals surface area (Å²) in [4.78, 5) is 12.1. The molecule has 0 aliphatic carbocycles. The number of hydrogen-bond acceptors (Lipinski definition) is 6. The van der Waals surface area contributed by atoms with Gasteiger partial charge in [0.1, 0.15) is 11.8 Å². The second kappa shape index (κ2) is 9.10. The number of benzene rings is 2. The Hall–Kier alpha value is -2.74. The first kappa shape index (κ1) is 19.6. The molecule has 138 valence electrons. The van der Waals surface area contributed by atoms with Crippen LogP contribution in [0, 0.1) is 0 Å². The fourth-order valence-corrected chi connectivity index (χ4v) is 2.55. The van der Waals surface area contributed by atoms with Crippen LogP contribution in [0.3, 0.4) is 0 Å². The van der Waals surface area contributed by atoms with Crippen molar-refractivity contribution in [2.75, 3.05) is 19.5 Å². The van der Waals surface area contributed by atoms with Gasteiger partial charge in [0, 0.05) is 5.69 Å². The fourth-order valence-electron chi connectivity index (χ4n) is 2.09. The highest BCUT2D eigenvalue weighted by Gasteiger charge is 2.12. The SMILES string of the molecule is COc1ccc(N[C@@H](C)C(=O)N/N=C\c2cc(Br)c(O)c(OC)c2)cc1. The van der Waals surface area contributed by atoms with Crippen LogP contribution >= 0.6 is 15.9 Å². The first-order chi connectivity index (χ1) is 12.4. The van der Waals surface area contributed by atoms with Gasteiger partial charge in [0.25, 0.3) is 5.91 Å². The summed E-state index contributed by atoms with van der Waals surface area (Å²) in [5.41, 5.74) is 3.92. The molecular formula is C18H20BrN3O4. The average Bonchev–Trinajstić information content (AvgIpc) is 2.64. The summed E-state index contributed by atoms with van der Waals surface area (Å²) < 4.78 is 10.6. The zero-order chi connectivity index (χ0) is 19.1. The highest BCUT2D eigenvalue weighted by Crippen LogP contribution is 2.34. The number of hydrazone groups is 1. The molecule has 26 heavy (non-hydrogen) atoms. The van der Waals surface area contributed by atoms with E-state index in [1.165, 1.54) is 13.3 Å². The van der Waals surface area contributed by atoms with Crippen molar-refractivity contribution >= 4 is 33.7 Å². The topological polar surface area (TPSA) is 92.2 Å². The summed E-state index contributed by atoms with van der Waals surface area (Å²) >= 11 is 3.23. The Labute approximate surface area is 160 Å². The van der Waals surface area contributed by atoms with E-state index in [2.05, 4.69) is 31.8 Å². The molecule has 0 aliphatic rings. The molecule has 1 amide bonds. The average molecular weight is 422 g/mol. The number of halogens is 1. The lowest BCUT2D eigenvalue weighted by Gasteiger charge is -2.13. The molecule has 2 rings (SSSR count). The van der Waals surface area contributed by atoms with Gasteiger partial charge in [0.2, 0.25) is 0 Å². The van der Waals surface area contributed by atoms with Gasteiger partial charge in [-0.2, -0.15) is 5.10 Å². The van der Waals surface area contributed by atoms with Crippen molar-refractivity contribution in [3.63, 3.8) is 0 Å². The van der Waals surface area contributed by atoms with Crippen LogP contribution in [-0.2, 0) is 4.79 Å². The number of rotatable bonds is 7. The Morgan fingerprint density at radius 1 is 1.23 bits per heavy atom. The number of nitrogens with zero attached hydrogens (tertiary/aromatic N) is 1. The maximum absolute atomic E-state index is 12.1. The Bertz CT molecular complexity index is 794. The number of hydrogen-bond donors (Lipinski definition) is 3. The van der Waals surface area contributed by atoms with Crippen LogP contribution in [0.1, 0.15) is 12.5 Å². The minimum absolute atomic E-state index is 0.00555. The third-order valence-corrected chi connectivity index (χ3v) is 4.13. The molecule has 0 unspecified atom stereocenters. The van der Waals surface area contributed by atoms with E-state index in [0.717, 1.165) is 11.4 Å². The van der Waals surface area contributed by atoms with Gasteiger partial charge in [-0.1, -0.05) is 0 Å². The predicted octanol–water partition coefficient (Wildman–Crippen LogP) is 3.12. The van der Waals surface area contributed by atoms with Gasteiger partial charge in [0.05, 0.1) is 24.9 Å². The van der Waals surface area contributed by atoms with Gasteiger partial charge >= 0.3 is 0 Å². The summed E-state index contributed by atoms with van der Waals surface area (Å²) in [6.45, 7) is 1.73. The molecule has 2 aromatic carbocycles. The van der Waals surface area contributed by atoms with Gasteiger partial charge in [0.15, 0.2) is 11.5 Å². The first-order valence-corrected chi connectivity index (χ1v) is 8.54. The third kappa shape index (κ3) is 5.13. The Balaban J connectivity index is 1.94. The van der Waals surface area contributed by atoms with Crippen LogP contribution in [0.25, 0.3) is 0 Å². The van der Waals surface area contributed by atoms with E-state index >= 15 is 0 Å². The van der Waals surface area contributed by atoms with Crippen LogP contribution in [0.2, 0.25) is 0 Å². The third-order valence-electron chi connectivity index (χ3n) is 3.53. The molecule has 8 heteroatoms. The second-order valence-electron chi connectivity index (χ2n) is 5.38. The van der Waals surface area contributed by atoms with Crippen LogP contribution in [0.5, 0.6) is 17.2 Å². The van der Waals surface area contributed by atoms with E-state index < -0.39 is 6.04 Å². The van der Waals surface area contributed by atoms with E-state index in [4.69, 9.17) is 9.47 Å². The summed E-state index contributed by atoms with van der Waals surface area (Å²) in [5.74, 6) is 0.766. The van der Waals surface area contributed by atoms with Gasteiger partial charge in [-0.05, 0) is 64.8 Å². The second-order valence-corrected chi connectivity index (χ2v) is 6.24. The van der Waals surface area contributed by atoms with Crippen molar-refractivity contribution < 1.29 is 19.4 Å². The smallest absolute Gasteiger partial charge is 0.262 e. The number of amides is 1. The lowest BCUT2D eigenvalue weighted by atomic mass is 10.2. The van der Waals surface area contributed by atoms with E-state index in [0.29, 0.717) is 15.8 Å². The Morgan fingerprint density at radius 2 is 1.92 bits per heavy atom. The highest BCUT2D eigenvalue weighted by molar-refractivity contribution is 9.10. The lowest BCUT2D eigenvalue weighted by molar-refractivity contribution is -0.121. The summed E-state index contributed by atoms with van der Waals surface area (Å²) in [6, 6.07) is 10.0. The number of ether oxygens (including phenoxy) is 2. The van der Waals surface area contributed by atoms with Gasteiger partial charge in [-0.15, -0.1) is 0 Å². The Kier molecular flexibility index (Phi) is 6.85. The molecule has 0 bridgehead atoms. The molecule has 0 saturated heterocycles. The van der Waals surface area contributed by atoms with Crippen LogP contribution in [-0.4, -0.2) is 37.5 Å². The molecule has 3 N–H and O–H groups in total. The van der Waals surface area contributed by atoms with Gasteiger partial charge in [-0.25, -0.2) is 5.43 Å². The number of carbonyl (C=O) groups is 1. The summed E-state index contributed by atoms with van der Waals surface area (Å²) in [5, 5.41) is 16.8. The molecule has 0 spiro atoms. The number of carbonyl (C=O) groups excluding carboxylic acids is 1. The molecule has 2 aromatic rings. The van der Waals surface area contributed by atoms with E-state index in [9.17, 15) is 9.90 Å². The summed E-state index contributed by atoms with van der Waals surface area (Å²) in [6.07, 6.45) is 1.46. The standard InChI is InChI=1S/C18H20BrN3O4/c1-11(21-13-4-6-14(25-2)7-5-13)18(24)22-20-10-12-8-15(19)17(23)16(9-12)26-3/h4-11,21,23H,1-3H3,(H,22,24)/b20-10-/t11-/m0/s1. The molecule has 0 aromatic heterocycles. The largest absolute Gasteiger partial charge is 0.503 e. The molecule has 0 radical (unpaired) electrons. The maximum Gasteiger partial charge on any atom is 0.262 e. The maximum atomic E-state index is 12.1. The molecule has 0 heterocycles. The first-order valence-electron chi connectivity index (χ1n) is 7.74. The number of phenols is 1. The number of methoxy groups -OCH3 is 2. The minimum Gasteiger partial charge on any atom is -0.503 e. The van der Waals surface area contributed by atoms with Crippen LogP contribution in [0.15, 0.2) is 46.0 Å². The van der Waals surface area contributed by atoms with Crippen LogP contribution < -0.4 is 20.2 Å². The van der Waals surface area contributed by atoms with Crippen molar-refractivity contribution in [2.24, 2.45) is 5.10 Å². The predicted molar refractivity (Wildman–Crippen MR) is 104 cm³/mol. The zero-order valence-electron chi connectivity index (χ0n) is 14.6. The van der Waals surface area contributed by atoms with E-state index in [1.807, 2.05) is 12.1 Å². The fraction of sp³-hybridized carbons (Fsp3) is 0.222. The van der Waals surface area contributed by atoms with E-state index in [1.54, 1.807) is 38.3 Å². The van der Waals surface area contributed by atoms with Gasteiger partial charge < -0.3 is 19.9 Å². The number of anilines is 1. The Morgan fingerprint density at radius 3 is 2.54 bits per heavy atom. The van der Waals surface area contributed by atoms with Crippen molar-refractivity contribution in [2.45, 2.75) is 13.0 Å². The van der Waals surface area contributed by atoms with Crippen molar-refractivity contribution in [3.05, 3.63) is 46.4 Å². The van der Waals surface area contributed by atoms with Crippen molar-refractivity contribution in [1.82, 2.24) is 5.43 Å². The van der Waals surface area contributed by atoms with Crippen molar-refractivity contribution in [1.29, 1.82) is 0 Å². The summed E-state index contributed by atoms with van der Waals surface area (Å²) in [7, 11) is 3.05. The molecule has 0 fully saturated rings. The molecular weight excluding hydrogens is 402 g/mol. The number of nitrogens with one attached hydrogen (secondary N) is 2. The van der Waals surface area contributed by atoms with Crippen LogP contribution in [0.4, 0.5) is 5.69 Å². The quantitative estimate of drug-likeness (QED) is 0.471. The molecule has 0 aliphatic heterocycles. The normalized spacial score (nSPS) is 11.8. The minimum atomic E-state index is -0.485. The monoisotopic (exact) mass is 421 g/mol. The van der Waals surface area contributed by atoms with Gasteiger partial charge in [-0.3, -0.25) is 4.79 Å². The number of phenolic OH excluding ortho intramolecular Hbond substituents is 1. The molecule has 0 saturated carbocycles. The van der Waals surface area contributed by atoms with Crippen molar-refractivity contribution in [3.8, 4) is 17.2 Å². The number of aromatic hydroxyl groups is 1. The molecule has 1 atom stereocenters. The highest BCUT2D eigenvalue weighted by atomic mass is 79.9. The zero-order valence-corrected chi connectivity index (χ0v) is 16.2.